The summed E-state index contributed by atoms with van der Waals surface area (Å²) in [6, 6.07) is 3.39. The van der Waals surface area contributed by atoms with Gasteiger partial charge in [0.2, 0.25) is 10.0 Å². The summed E-state index contributed by atoms with van der Waals surface area (Å²) >= 11 is 0. The Labute approximate surface area is 106 Å². The Bertz CT molecular complexity index is 505. The number of halogens is 1. The van der Waals surface area contributed by atoms with Crippen molar-refractivity contribution in [3.05, 3.63) is 24.0 Å². The van der Waals surface area contributed by atoms with Gasteiger partial charge in [0, 0.05) is 12.2 Å². The second kappa shape index (κ2) is 6.12. The highest BCUT2D eigenvalue weighted by Crippen LogP contribution is 2.16. The summed E-state index contributed by atoms with van der Waals surface area (Å²) < 4.78 is 39.2. The van der Waals surface area contributed by atoms with Crippen LogP contribution in [0.15, 0.2) is 23.1 Å². The van der Waals surface area contributed by atoms with Crippen LogP contribution in [0.2, 0.25) is 0 Å². The van der Waals surface area contributed by atoms with Crippen LogP contribution in [0.3, 0.4) is 0 Å². The number of benzene rings is 1. The number of hydrogen-bond acceptors (Lipinski definition) is 4. The number of nitrogens with one attached hydrogen (secondary N) is 1. The lowest BCUT2D eigenvalue weighted by Gasteiger charge is -2.10. The van der Waals surface area contributed by atoms with Gasteiger partial charge >= 0.3 is 0 Å². The van der Waals surface area contributed by atoms with E-state index in [4.69, 9.17) is 5.73 Å². The molecule has 0 bridgehead atoms. The largest absolute Gasteiger partial charge is 0.399 e. The molecule has 1 rings (SSSR count). The molecular formula is C11H17FN2O3S. The molecule has 1 unspecified atom stereocenters. The summed E-state index contributed by atoms with van der Waals surface area (Å²) in [6.45, 7) is 1.85. The molecule has 0 aliphatic carbocycles. The fourth-order valence-corrected chi connectivity index (χ4v) is 2.48. The van der Waals surface area contributed by atoms with Gasteiger partial charge in [0.15, 0.2) is 0 Å². The number of rotatable bonds is 6. The average Bonchev–Trinajstić information content (AvgIpc) is 2.27. The number of anilines is 1. The van der Waals surface area contributed by atoms with Crippen molar-refractivity contribution in [3.8, 4) is 0 Å². The molecule has 0 saturated carbocycles. The van der Waals surface area contributed by atoms with E-state index in [0.29, 0.717) is 6.42 Å². The zero-order valence-electron chi connectivity index (χ0n) is 10.1. The monoisotopic (exact) mass is 276 g/mol. The van der Waals surface area contributed by atoms with Gasteiger partial charge in [0.1, 0.15) is 10.7 Å². The van der Waals surface area contributed by atoms with E-state index in [1.165, 1.54) is 6.07 Å². The van der Waals surface area contributed by atoms with Gasteiger partial charge in [0.25, 0.3) is 0 Å². The van der Waals surface area contributed by atoms with Crippen LogP contribution in [0.5, 0.6) is 0 Å². The van der Waals surface area contributed by atoms with E-state index >= 15 is 0 Å². The highest BCUT2D eigenvalue weighted by atomic mass is 32.2. The van der Waals surface area contributed by atoms with Crippen molar-refractivity contribution in [2.45, 2.75) is 30.8 Å². The van der Waals surface area contributed by atoms with Gasteiger partial charge < -0.3 is 10.8 Å². The second-order valence-corrected chi connectivity index (χ2v) is 5.67. The number of sulfonamides is 1. The summed E-state index contributed by atoms with van der Waals surface area (Å²) in [6.07, 6.45) is 0.258. The minimum atomic E-state index is -3.90. The smallest absolute Gasteiger partial charge is 0.243 e. The van der Waals surface area contributed by atoms with Gasteiger partial charge in [-0.1, -0.05) is 6.92 Å². The van der Waals surface area contributed by atoms with E-state index in [-0.39, 0.29) is 18.7 Å². The molecule has 0 aliphatic heterocycles. The van der Waals surface area contributed by atoms with Crippen LogP contribution in [-0.2, 0) is 10.0 Å². The zero-order chi connectivity index (χ0) is 13.8. The lowest BCUT2D eigenvalue weighted by atomic mass is 10.2. The topological polar surface area (TPSA) is 92.4 Å². The molecule has 0 heterocycles. The first kappa shape index (κ1) is 14.9. The maximum Gasteiger partial charge on any atom is 0.243 e. The van der Waals surface area contributed by atoms with Gasteiger partial charge in [0.05, 0.1) is 6.10 Å². The van der Waals surface area contributed by atoms with E-state index in [1.807, 2.05) is 0 Å². The molecule has 5 nitrogen and oxygen atoms in total. The highest BCUT2D eigenvalue weighted by Gasteiger charge is 2.18. The van der Waals surface area contributed by atoms with Crippen LogP contribution in [0.1, 0.15) is 19.8 Å². The Morgan fingerprint density at radius 2 is 2.17 bits per heavy atom. The molecule has 0 amide bonds. The third kappa shape index (κ3) is 3.94. The lowest BCUT2D eigenvalue weighted by Crippen LogP contribution is -2.28. The van der Waals surface area contributed by atoms with Crippen LogP contribution in [0.4, 0.5) is 10.1 Å². The van der Waals surface area contributed by atoms with Crippen molar-refractivity contribution in [2.24, 2.45) is 0 Å². The van der Waals surface area contributed by atoms with Crippen molar-refractivity contribution < 1.29 is 17.9 Å². The Kier molecular flexibility index (Phi) is 5.06. The summed E-state index contributed by atoms with van der Waals surface area (Å²) in [5.74, 6) is -0.890. The number of aliphatic hydroxyl groups excluding tert-OH is 1. The third-order valence-electron chi connectivity index (χ3n) is 2.49. The van der Waals surface area contributed by atoms with Crippen LogP contribution < -0.4 is 10.5 Å². The second-order valence-electron chi connectivity index (χ2n) is 3.94. The molecule has 18 heavy (non-hydrogen) atoms. The Morgan fingerprint density at radius 1 is 1.50 bits per heavy atom. The van der Waals surface area contributed by atoms with Crippen LogP contribution >= 0.6 is 0 Å². The molecule has 0 saturated heterocycles. The molecule has 0 fully saturated rings. The Morgan fingerprint density at radius 3 is 2.72 bits per heavy atom. The zero-order valence-corrected chi connectivity index (χ0v) is 10.9. The van der Waals surface area contributed by atoms with E-state index in [9.17, 15) is 17.9 Å². The molecule has 102 valence electrons. The normalized spacial score (nSPS) is 13.5. The summed E-state index contributed by atoms with van der Waals surface area (Å²) in [5.41, 5.74) is 5.50. The molecule has 1 aromatic rings. The van der Waals surface area contributed by atoms with Crippen LogP contribution in [0, 0.1) is 5.82 Å². The molecule has 4 N–H and O–H groups in total. The molecule has 0 spiro atoms. The first-order valence-electron chi connectivity index (χ1n) is 5.59. The van der Waals surface area contributed by atoms with Gasteiger partial charge in [-0.3, -0.25) is 0 Å². The quantitative estimate of drug-likeness (QED) is 0.671. The van der Waals surface area contributed by atoms with E-state index in [2.05, 4.69) is 4.72 Å². The molecular weight excluding hydrogens is 259 g/mol. The van der Waals surface area contributed by atoms with E-state index < -0.39 is 26.8 Å². The third-order valence-corrected chi connectivity index (χ3v) is 3.98. The number of nitrogens with two attached hydrogens (primary N) is 1. The summed E-state index contributed by atoms with van der Waals surface area (Å²) in [5, 5.41) is 9.29. The van der Waals surface area contributed by atoms with Crippen LogP contribution in [0.25, 0.3) is 0 Å². The first-order chi connectivity index (χ1) is 8.36. The fourth-order valence-electron chi connectivity index (χ4n) is 1.38. The SMILES string of the molecule is CCC(O)CCNS(=O)(=O)c1ccc(N)cc1F. The van der Waals surface area contributed by atoms with Crippen molar-refractivity contribution in [1.82, 2.24) is 4.72 Å². The van der Waals surface area contributed by atoms with Crippen molar-refractivity contribution in [2.75, 3.05) is 12.3 Å². The van der Waals surface area contributed by atoms with Crippen molar-refractivity contribution in [3.63, 3.8) is 0 Å². The lowest BCUT2D eigenvalue weighted by molar-refractivity contribution is 0.162. The standard InChI is InChI=1S/C11H17FN2O3S/c1-2-9(15)5-6-14-18(16,17)11-4-3-8(13)7-10(11)12/h3-4,7,9,14-15H,2,5-6,13H2,1H3. The first-order valence-corrected chi connectivity index (χ1v) is 7.08. The van der Waals surface area contributed by atoms with Gasteiger partial charge in [-0.15, -0.1) is 0 Å². The number of hydrogen-bond donors (Lipinski definition) is 3. The van der Waals surface area contributed by atoms with Gasteiger partial charge in [-0.25, -0.2) is 17.5 Å². The van der Waals surface area contributed by atoms with Gasteiger partial charge in [-0.05, 0) is 31.0 Å². The Hall–Kier alpha value is -1.18. The molecule has 0 aliphatic rings. The number of nitrogen functional groups attached to an aromatic ring is 1. The predicted molar refractivity (Wildman–Crippen MR) is 66.9 cm³/mol. The fraction of sp³-hybridized carbons (Fsp3) is 0.455. The molecule has 1 atom stereocenters. The van der Waals surface area contributed by atoms with Crippen molar-refractivity contribution >= 4 is 15.7 Å². The molecule has 7 heteroatoms. The highest BCUT2D eigenvalue weighted by molar-refractivity contribution is 7.89. The average molecular weight is 276 g/mol. The van der Waals surface area contributed by atoms with E-state index in [0.717, 1.165) is 12.1 Å². The van der Waals surface area contributed by atoms with Gasteiger partial charge in [-0.2, -0.15) is 0 Å². The maximum absolute atomic E-state index is 13.4. The summed E-state index contributed by atoms with van der Waals surface area (Å²) in [7, 11) is -3.90. The molecule has 0 radical (unpaired) electrons. The Balaban J connectivity index is 2.74. The minimum Gasteiger partial charge on any atom is -0.399 e. The summed E-state index contributed by atoms with van der Waals surface area (Å²) in [4.78, 5) is -0.442. The molecule has 1 aromatic carbocycles. The predicted octanol–water partition coefficient (Wildman–Crippen LogP) is 0.847. The van der Waals surface area contributed by atoms with E-state index in [1.54, 1.807) is 6.92 Å². The number of aliphatic hydroxyl groups is 1. The maximum atomic E-state index is 13.4. The molecule has 0 aromatic heterocycles. The minimum absolute atomic E-state index is 0.0567. The van der Waals surface area contributed by atoms with Crippen LogP contribution in [-0.4, -0.2) is 26.2 Å². The van der Waals surface area contributed by atoms with Crippen molar-refractivity contribution in [1.29, 1.82) is 0 Å².